The van der Waals surface area contributed by atoms with Gasteiger partial charge in [0.1, 0.15) is 0 Å². The number of aliphatic hydroxyl groups excluding tert-OH is 1. The van der Waals surface area contributed by atoms with Crippen LogP contribution in [0.1, 0.15) is 35.1 Å². The Morgan fingerprint density at radius 3 is 2.46 bits per heavy atom. The lowest BCUT2D eigenvalue weighted by Gasteiger charge is -2.29. The second kappa shape index (κ2) is 8.90. The quantitative estimate of drug-likeness (QED) is 0.648. The van der Waals surface area contributed by atoms with Crippen LogP contribution in [0.2, 0.25) is 5.02 Å². The molecule has 0 spiro atoms. The van der Waals surface area contributed by atoms with Gasteiger partial charge in [-0.25, -0.2) is 0 Å². The maximum atomic E-state index is 13.1. The van der Waals surface area contributed by atoms with Crippen LogP contribution in [0.3, 0.4) is 0 Å². The van der Waals surface area contributed by atoms with E-state index in [4.69, 9.17) is 11.6 Å². The Morgan fingerprint density at radius 1 is 1.21 bits per heavy atom. The molecule has 1 aliphatic heterocycles. The van der Waals surface area contributed by atoms with E-state index in [1.54, 1.807) is 46.7 Å². The number of rotatable bonds is 8. The number of benzene rings is 1. The third kappa shape index (κ3) is 3.99. The van der Waals surface area contributed by atoms with Crippen LogP contribution in [0.5, 0.6) is 0 Å². The highest BCUT2D eigenvalue weighted by molar-refractivity contribution is 7.12. The van der Waals surface area contributed by atoms with E-state index in [-0.39, 0.29) is 11.4 Å². The molecule has 2 heterocycles. The minimum absolute atomic E-state index is 0.134. The van der Waals surface area contributed by atoms with E-state index in [0.29, 0.717) is 23.0 Å². The molecule has 0 bridgehead atoms. The number of carbonyl (C=O) groups is 2. The summed E-state index contributed by atoms with van der Waals surface area (Å²) < 4.78 is 0. The van der Waals surface area contributed by atoms with Gasteiger partial charge < -0.3 is 14.9 Å². The predicted octanol–water partition coefficient (Wildman–Crippen LogP) is 4.32. The first kappa shape index (κ1) is 20.6. The summed E-state index contributed by atoms with van der Waals surface area (Å²) in [5, 5.41) is 13.0. The molecule has 0 fully saturated rings. The Bertz CT molecular complexity index is 874. The number of hydrogen-bond donors (Lipinski definition) is 1. The van der Waals surface area contributed by atoms with Crippen molar-refractivity contribution in [1.29, 1.82) is 0 Å². The summed E-state index contributed by atoms with van der Waals surface area (Å²) in [6.07, 6.45) is 0. The smallest absolute Gasteiger partial charge is 0.290 e. The van der Waals surface area contributed by atoms with Crippen LogP contribution in [0.4, 0.5) is 0 Å². The molecule has 0 aliphatic carbocycles. The number of nitrogens with zero attached hydrogens (tertiary/aromatic N) is 2. The molecule has 0 unspecified atom stereocenters. The van der Waals surface area contributed by atoms with E-state index in [0.717, 1.165) is 18.7 Å². The molecule has 1 N–H and O–H groups in total. The zero-order valence-electron chi connectivity index (χ0n) is 15.9. The van der Waals surface area contributed by atoms with Gasteiger partial charge in [0.2, 0.25) is 5.78 Å². The second-order valence-electron chi connectivity index (χ2n) is 6.55. The van der Waals surface area contributed by atoms with Crippen LogP contribution in [0.15, 0.2) is 53.1 Å². The average molecular weight is 419 g/mol. The molecule has 148 valence electrons. The number of ketones is 1. The number of thiophene rings is 1. The van der Waals surface area contributed by atoms with Gasteiger partial charge in [0.15, 0.2) is 5.76 Å². The minimum Gasteiger partial charge on any atom is -0.503 e. The minimum atomic E-state index is -0.630. The van der Waals surface area contributed by atoms with Gasteiger partial charge in [-0.3, -0.25) is 9.59 Å². The first-order valence-electron chi connectivity index (χ1n) is 9.28. The number of amides is 1. The van der Waals surface area contributed by atoms with Gasteiger partial charge in [-0.05, 0) is 42.2 Å². The number of hydrogen-bond acceptors (Lipinski definition) is 5. The van der Waals surface area contributed by atoms with Crippen molar-refractivity contribution in [2.75, 3.05) is 26.2 Å². The number of aliphatic hydroxyl groups is 1. The van der Waals surface area contributed by atoms with Crippen LogP contribution in [0.25, 0.3) is 0 Å². The van der Waals surface area contributed by atoms with Gasteiger partial charge in [0, 0.05) is 18.1 Å². The van der Waals surface area contributed by atoms with Crippen molar-refractivity contribution in [3.8, 4) is 0 Å². The first-order chi connectivity index (χ1) is 13.5. The maximum absolute atomic E-state index is 13.1. The Balaban J connectivity index is 1.99. The highest BCUT2D eigenvalue weighted by Gasteiger charge is 2.43. The van der Waals surface area contributed by atoms with Crippen LogP contribution < -0.4 is 0 Å². The highest BCUT2D eigenvalue weighted by atomic mass is 35.5. The summed E-state index contributed by atoms with van der Waals surface area (Å²) in [4.78, 5) is 30.2. The average Bonchev–Trinajstić information content (AvgIpc) is 3.32. The Hall–Kier alpha value is -2.15. The summed E-state index contributed by atoms with van der Waals surface area (Å²) in [7, 11) is 0. The molecule has 0 saturated heterocycles. The molecule has 1 aliphatic rings. The Labute approximate surface area is 173 Å². The van der Waals surface area contributed by atoms with Crippen LogP contribution in [0, 0.1) is 0 Å². The summed E-state index contributed by atoms with van der Waals surface area (Å²) in [6, 6.07) is 9.90. The lowest BCUT2D eigenvalue weighted by atomic mass is 9.95. The van der Waals surface area contributed by atoms with Gasteiger partial charge in [0.05, 0.1) is 16.5 Å². The van der Waals surface area contributed by atoms with Crippen molar-refractivity contribution in [3.05, 3.63) is 68.6 Å². The van der Waals surface area contributed by atoms with E-state index in [9.17, 15) is 14.7 Å². The molecule has 7 heteroatoms. The van der Waals surface area contributed by atoms with Crippen molar-refractivity contribution in [3.63, 3.8) is 0 Å². The van der Waals surface area contributed by atoms with Crippen LogP contribution in [-0.4, -0.2) is 52.8 Å². The van der Waals surface area contributed by atoms with E-state index in [2.05, 4.69) is 18.7 Å². The Kier molecular flexibility index (Phi) is 6.54. The molecule has 2 aromatic rings. The lowest BCUT2D eigenvalue weighted by molar-refractivity contribution is -0.129. The van der Waals surface area contributed by atoms with E-state index >= 15 is 0 Å². The lowest BCUT2D eigenvalue weighted by Crippen LogP contribution is -2.38. The molecule has 1 aromatic heterocycles. The van der Waals surface area contributed by atoms with E-state index < -0.39 is 17.7 Å². The van der Waals surface area contributed by atoms with Gasteiger partial charge in [-0.15, -0.1) is 11.3 Å². The zero-order chi connectivity index (χ0) is 20.3. The third-order valence-corrected chi connectivity index (χ3v) is 6.15. The fourth-order valence-electron chi connectivity index (χ4n) is 3.44. The third-order valence-electron chi connectivity index (χ3n) is 5.03. The van der Waals surface area contributed by atoms with Gasteiger partial charge in [-0.2, -0.15) is 0 Å². The van der Waals surface area contributed by atoms with Crippen LogP contribution >= 0.6 is 22.9 Å². The first-order valence-corrected chi connectivity index (χ1v) is 10.5. The molecule has 3 rings (SSSR count). The normalized spacial score (nSPS) is 17.1. The highest BCUT2D eigenvalue weighted by Crippen LogP contribution is 2.39. The van der Waals surface area contributed by atoms with Gasteiger partial charge in [-0.1, -0.05) is 43.6 Å². The fraction of sp³-hybridized carbons (Fsp3) is 0.333. The molecule has 28 heavy (non-hydrogen) atoms. The standard InChI is InChI=1S/C21H23ClN2O3S/c1-3-23(4-2)11-12-24-18(14-7-9-15(22)10-8-14)17(20(26)21(24)27)19(25)16-6-5-13-28-16/h5-10,13,18,26H,3-4,11-12H2,1-2H3/t18-/m0/s1. The van der Waals surface area contributed by atoms with Crippen molar-refractivity contribution in [1.82, 2.24) is 9.80 Å². The molecule has 0 radical (unpaired) electrons. The SMILES string of the molecule is CCN(CC)CCN1C(=O)C(O)=C(C(=O)c2cccs2)[C@@H]1c1ccc(Cl)cc1. The monoisotopic (exact) mass is 418 g/mol. The second-order valence-corrected chi connectivity index (χ2v) is 7.93. The molecule has 0 saturated carbocycles. The molecular formula is C21H23ClN2O3S. The number of likely N-dealkylation sites (N-methyl/N-ethyl adjacent to an activating group) is 1. The number of carbonyl (C=O) groups excluding carboxylic acids is 2. The van der Waals surface area contributed by atoms with Gasteiger partial charge >= 0.3 is 0 Å². The van der Waals surface area contributed by atoms with Crippen LogP contribution in [-0.2, 0) is 4.79 Å². The Morgan fingerprint density at radius 2 is 1.89 bits per heavy atom. The number of halogens is 1. The van der Waals surface area contributed by atoms with Crippen molar-refractivity contribution in [2.45, 2.75) is 19.9 Å². The van der Waals surface area contributed by atoms with Crippen molar-refractivity contribution in [2.24, 2.45) is 0 Å². The molecule has 5 nitrogen and oxygen atoms in total. The largest absolute Gasteiger partial charge is 0.503 e. The molecule has 1 aromatic carbocycles. The molecular weight excluding hydrogens is 396 g/mol. The molecule has 1 atom stereocenters. The van der Waals surface area contributed by atoms with E-state index in [1.807, 2.05) is 0 Å². The summed E-state index contributed by atoms with van der Waals surface area (Å²) >= 11 is 7.31. The summed E-state index contributed by atoms with van der Waals surface area (Å²) in [5.41, 5.74) is 0.885. The molecule has 1 amide bonds. The van der Waals surface area contributed by atoms with Crippen molar-refractivity contribution < 1.29 is 14.7 Å². The summed E-state index contributed by atoms with van der Waals surface area (Å²) in [5.74, 6) is -1.28. The topological polar surface area (TPSA) is 60.9 Å². The van der Waals surface area contributed by atoms with Crippen molar-refractivity contribution >= 4 is 34.6 Å². The summed E-state index contributed by atoms with van der Waals surface area (Å²) in [6.45, 7) is 6.94. The van der Waals surface area contributed by atoms with Gasteiger partial charge in [0.25, 0.3) is 5.91 Å². The number of Topliss-reactive ketones (excluding diaryl/α,β-unsaturated/α-hetero) is 1. The predicted molar refractivity (Wildman–Crippen MR) is 112 cm³/mol. The maximum Gasteiger partial charge on any atom is 0.290 e. The zero-order valence-corrected chi connectivity index (χ0v) is 17.5. The fourth-order valence-corrected chi connectivity index (χ4v) is 4.24. The van der Waals surface area contributed by atoms with E-state index in [1.165, 1.54) is 11.3 Å².